The fraction of sp³-hybridized carbons (Fsp3) is 0.435. The summed E-state index contributed by atoms with van der Waals surface area (Å²) < 4.78 is 10.6. The maximum atomic E-state index is 13.0. The summed E-state index contributed by atoms with van der Waals surface area (Å²) in [5, 5.41) is 10.1. The van der Waals surface area contributed by atoms with Gasteiger partial charge >= 0.3 is 5.97 Å². The van der Waals surface area contributed by atoms with Crippen molar-refractivity contribution in [1.82, 2.24) is 4.90 Å². The van der Waals surface area contributed by atoms with Crippen molar-refractivity contribution in [3.8, 4) is 11.5 Å². The minimum Gasteiger partial charge on any atom is -0.504 e. The maximum absolute atomic E-state index is 13.0. The smallest absolute Gasteiger partial charge is 0.313 e. The van der Waals surface area contributed by atoms with Crippen molar-refractivity contribution in [2.45, 2.75) is 32.7 Å². The first-order valence-electron chi connectivity index (χ1n) is 9.86. The van der Waals surface area contributed by atoms with Crippen LogP contribution in [0.3, 0.4) is 0 Å². The molecular formula is C23H29NO4. The molecule has 0 spiro atoms. The molecule has 1 aliphatic heterocycles. The van der Waals surface area contributed by atoms with Gasteiger partial charge in [0.15, 0.2) is 11.5 Å². The van der Waals surface area contributed by atoms with Gasteiger partial charge in [-0.05, 0) is 56.0 Å². The zero-order chi connectivity index (χ0) is 20.0. The van der Waals surface area contributed by atoms with Crippen LogP contribution in [0.5, 0.6) is 11.5 Å². The summed E-state index contributed by atoms with van der Waals surface area (Å²) in [5.74, 6) is 0.492. The first-order valence-corrected chi connectivity index (χ1v) is 9.86. The Kier molecular flexibility index (Phi) is 6.57. The number of esters is 1. The lowest BCUT2D eigenvalue weighted by atomic mass is 9.75. The number of hydrogen-bond acceptors (Lipinski definition) is 5. The van der Waals surface area contributed by atoms with E-state index in [1.807, 2.05) is 31.2 Å². The van der Waals surface area contributed by atoms with Crippen LogP contribution in [0, 0.1) is 5.41 Å². The first kappa shape index (κ1) is 20.2. The van der Waals surface area contributed by atoms with Crippen molar-refractivity contribution in [1.29, 1.82) is 0 Å². The number of hydrogen-bond donors (Lipinski definition) is 1. The number of carbonyl (C=O) groups excluding carboxylic acids is 1. The van der Waals surface area contributed by atoms with Crippen molar-refractivity contribution in [3.63, 3.8) is 0 Å². The van der Waals surface area contributed by atoms with Crippen LogP contribution < -0.4 is 4.74 Å². The number of phenolic OH excluding ortho intramolecular Hbond substituents is 1. The van der Waals surface area contributed by atoms with Gasteiger partial charge in [0, 0.05) is 13.1 Å². The number of aromatic hydroxyl groups is 1. The lowest BCUT2D eigenvalue weighted by Gasteiger charge is -2.41. The van der Waals surface area contributed by atoms with E-state index in [0.29, 0.717) is 31.9 Å². The molecule has 5 heteroatoms. The molecule has 0 bridgehead atoms. The highest BCUT2D eigenvalue weighted by Gasteiger charge is 2.43. The number of piperidine rings is 1. The summed E-state index contributed by atoms with van der Waals surface area (Å²) in [6.07, 6.45) is 2.44. The molecule has 5 nitrogen and oxygen atoms in total. The van der Waals surface area contributed by atoms with E-state index in [0.717, 1.165) is 30.5 Å². The molecule has 1 aliphatic rings. The highest BCUT2D eigenvalue weighted by atomic mass is 16.5. The second-order valence-electron chi connectivity index (χ2n) is 7.48. The molecule has 28 heavy (non-hydrogen) atoms. The van der Waals surface area contributed by atoms with E-state index in [4.69, 9.17) is 9.47 Å². The Balaban J connectivity index is 1.79. The van der Waals surface area contributed by atoms with Crippen molar-refractivity contribution in [2.24, 2.45) is 5.41 Å². The Morgan fingerprint density at radius 3 is 2.64 bits per heavy atom. The van der Waals surface area contributed by atoms with Gasteiger partial charge in [0.25, 0.3) is 0 Å². The summed E-state index contributed by atoms with van der Waals surface area (Å²) >= 11 is 0. The monoisotopic (exact) mass is 383 g/mol. The zero-order valence-corrected chi connectivity index (χ0v) is 16.7. The summed E-state index contributed by atoms with van der Waals surface area (Å²) in [7, 11) is 1.54. The number of methoxy groups -OCH3 is 1. The molecule has 1 N–H and O–H groups in total. The molecule has 3 rings (SSSR count). The molecule has 1 heterocycles. The molecule has 0 aromatic heterocycles. The molecule has 2 aromatic rings. The van der Waals surface area contributed by atoms with E-state index in [2.05, 4.69) is 17.0 Å². The van der Waals surface area contributed by atoms with Gasteiger partial charge in [-0.3, -0.25) is 9.69 Å². The Morgan fingerprint density at radius 1 is 1.18 bits per heavy atom. The highest BCUT2D eigenvalue weighted by Crippen LogP contribution is 2.36. The molecule has 1 fully saturated rings. The van der Waals surface area contributed by atoms with Gasteiger partial charge < -0.3 is 14.6 Å². The van der Waals surface area contributed by atoms with Crippen LogP contribution in [-0.2, 0) is 22.5 Å². The van der Waals surface area contributed by atoms with Crippen LogP contribution in [0.15, 0.2) is 48.5 Å². The number of benzene rings is 2. The highest BCUT2D eigenvalue weighted by molar-refractivity contribution is 5.77. The average Bonchev–Trinajstić information content (AvgIpc) is 2.69. The van der Waals surface area contributed by atoms with Crippen LogP contribution in [0.25, 0.3) is 0 Å². The Hall–Kier alpha value is -2.53. The van der Waals surface area contributed by atoms with Crippen molar-refractivity contribution in [2.75, 3.05) is 26.8 Å². The van der Waals surface area contributed by atoms with E-state index >= 15 is 0 Å². The third kappa shape index (κ3) is 4.65. The average molecular weight is 383 g/mol. The lowest BCUT2D eigenvalue weighted by Crippen LogP contribution is -2.49. The summed E-state index contributed by atoms with van der Waals surface area (Å²) in [6, 6.07) is 15.6. The number of rotatable bonds is 7. The van der Waals surface area contributed by atoms with E-state index in [-0.39, 0.29) is 11.7 Å². The van der Waals surface area contributed by atoms with Gasteiger partial charge in [-0.2, -0.15) is 0 Å². The molecular weight excluding hydrogens is 354 g/mol. The first-order chi connectivity index (χ1) is 13.6. The molecule has 0 unspecified atom stereocenters. The molecule has 1 saturated heterocycles. The van der Waals surface area contributed by atoms with Gasteiger partial charge in [-0.25, -0.2) is 0 Å². The van der Waals surface area contributed by atoms with E-state index in [1.54, 1.807) is 12.1 Å². The van der Waals surface area contributed by atoms with Crippen molar-refractivity contribution < 1.29 is 19.4 Å². The van der Waals surface area contributed by atoms with Gasteiger partial charge in [0.2, 0.25) is 0 Å². The quantitative estimate of drug-likeness (QED) is 0.737. The summed E-state index contributed by atoms with van der Waals surface area (Å²) in [4.78, 5) is 15.2. The number of carbonyl (C=O) groups is 1. The largest absolute Gasteiger partial charge is 0.504 e. The molecule has 0 amide bonds. The van der Waals surface area contributed by atoms with Crippen LogP contribution >= 0.6 is 0 Å². The van der Waals surface area contributed by atoms with E-state index in [9.17, 15) is 9.90 Å². The minimum absolute atomic E-state index is 0.110. The topological polar surface area (TPSA) is 59.0 Å². The van der Waals surface area contributed by atoms with Crippen LogP contribution in [-0.4, -0.2) is 42.8 Å². The van der Waals surface area contributed by atoms with E-state index < -0.39 is 5.41 Å². The van der Waals surface area contributed by atoms with Crippen molar-refractivity contribution in [3.05, 3.63) is 59.7 Å². The molecule has 1 atom stereocenters. The van der Waals surface area contributed by atoms with Gasteiger partial charge in [0.1, 0.15) is 0 Å². The second kappa shape index (κ2) is 9.11. The number of ether oxygens (including phenoxy) is 2. The van der Waals surface area contributed by atoms with E-state index in [1.165, 1.54) is 7.11 Å². The summed E-state index contributed by atoms with van der Waals surface area (Å²) in [6.45, 7) is 4.49. The zero-order valence-electron chi connectivity index (χ0n) is 16.7. The number of nitrogens with zero attached hydrogens (tertiary/aromatic N) is 1. The van der Waals surface area contributed by atoms with Crippen LogP contribution in [0.1, 0.15) is 30.9 Å². The van der Waals surface area contributed by atoms with Gasteiger partial charge in [0.05, 0.1) is 19.1 Å². The molecule has 2 aromatic carbocycles. The number of likely N-dealkylation sites (tertiary alicyclic amines) is 1. The third-order valence-corrected chi connectivity index (χ3v) is 5.40. The molecule has 150 valence electrons. The fourth-order valence-corrected chi connectivity index (χ4v) is 4.11. The molecule has 0 aliphatic carbocycles. The SMILES string of the molecule is CCOC(=O)[C@]1(Cc2ccccc2)CCCN(Cc2ccc(OC)c(O)c2)C1. The molecule has 0 radical (unpaired) electrons. The Bertz CT molecular complexity index is 792. The maximum Gasteiger partial charge on any atom is 0.313 e. The standard InChI is InChI=1S/C23H29NO4/c1-3-28-22(26)23(15-18-8-5-4-6-9-18)12-7-13-24(17-23)16-19-10-11-21(27-2)20(25)14-19/h4-6,8-11,14,25H,3,7,12-13,15-17H2,1-2H3/t23-/m0/s1. The lowest BCUT2D eigenvalue weighted by molar-refractivity contribution is -0.159. The number of phenols is 1. The Labute approximate surface area is 166 Å². The molecule has 0 saturated carbocycles. The minimum atomic E-state index is -0.538. The fourth-order valence-electron chi connectivity index (χ4n) is 4.11. The van der Waals surface area contributed by atoms with Gasteiger partial charge in [-0.15, -0.1) is 0 Å². The predicted molar refractivity (Wildman–Crippen MR) is 108 cm³/mol. The van der Waals surface area contributed by atoms with Gasteiger partial charge in [-0.1, -0.05) is 36.4 Å². The van der Waals surface area contributed by atoms with Crippen LogP contribution in [0.2, 0.25) is 0 Å². The van der Waals surface area contributed by atoms with Crippen LogP contribution in [0.4, 0.5) is 0 Å². The van der Waals surface area contributed by atoms with Crippen molar-refractivity contribution >= 4 is 5.97 Å². The predicted octanol–water partition coefficient (Wildman–Crippen LogP) is 3.79. The second-order valence-corrected chi connectivity index (χ2v) is 7.48. The Morgan fingerprint density at radius 2 is 1.96 bits per heavy atom. The normalized spacial score (nSPS) is 19.9. The summed E-state index contributed by atoms with van der Waals surface area (Å²) in [5.41, 5.74) is 1.61. The third-order valence-electron chi connectivity index (χ3n) is 5.40.